The lowest BCUT2D eigenvalue weighted by Crippen LogP contribution is -2.45. The first kappa shape index (κ1) is 17.8. The monoisotopic (exact) mass is 343 g/mol. The predicted molar refractivity (Wildman–Crippen MR) is 85.6 cm³/mol. The zero-order chi connectivity index (χ0) is 17.0. The zero-order valence-corrected chi connectivity index (χ0v) is 14.1. The lowest BCUT2D eigenvalue weighted by Gasteiger charge is -2.32. The van der Waals surface area contributed by atoms with E-state index in [9.17, 15) is 17.6 Å². The molecule has 23 heavy (non-hydrogen) atoms. The number of halogens is 1. The fraction of sp³-hybridized carbons (Fsp3) is 0.533. The molecule has 1 saturated heterocycles. The first-order valence-corrected chi connectivity index (χ1v) is 8.92. The Morgan fingerprint density at radius 1 is 1.30 bits per heavy atom. The van der Waals surface area contributed by atoms with Crippen molar-refractivity contribution in [3.05, 3.63) is 35.6 Å². The Morgan fingerprint density at radius 2 is 1.91 bits per heavy atom. The van der Waals surface area contributed by atoms with Gasteiger partial charge in [-0.2, -0.15) is 17.0 Å². The number of nitrogens with zero attached hydrogens (tertiary/aromatic N) is 2. The minimum atomic E-state index is -3.37. The van der Waals surface area contributed by atoms with E-state index in [0.29, 0.717) is 32.5 Å². The SMILES string of the molecule is CN(C)S(=O)(=O)N1CCC(CNC(=O)c2ccccc2F)CC1. The summed E-state index contributed by atoms with van der Waals surface area (Å²) in [6, 6.07) is 5.84. The Hall–Kier alpha value is -1.51. The van der Waals surface area contributed by atoms with E-state index in [1.165, 1.54) is 40.9 Å². The highest BCUT2D eigenvalue weighted by Crippen LogP contribution is 2.20. The highest BCUT2D eigenvalue weighted by atomic mass is 32.2. The van der Waals surface area contributed by atoms with Crippen LogP contribution in [0.1, 0.15) is 23.2 Å². The van der Waals surface area contributed by atoms with Crippen molar-refractivity contribution in [2.45, 2.75) is 12.8 Å². The number of amides is 1. The number of carbonyl (C=O) groups excluding carboxylic acids is 1. The van der Waals surface area contributed by atoms with E-state index >= 15 is 0 Å². The van der Waals surface area contributed by atoms with Gasteiger partial charge in [0.2, 0.25) is 0 Å². The predicted octanol–water partition coefficient (Wildman–Crippen LogP) is 1.07. The third-order valence-corrected chi connectivity index (χ3v) is 5.97. The van der Waals surface area contributed by atoms with E-state index in [0.717, 1.165) is 0 Å². The van der Waals surface area contributed by atoms with Crippen molar-refractivity contribution < 1.29 is 17.6 Å². The molecule has 1 aromatic carbocycles. The lowest BCUT2D eigenvalue weighted by molar-refractivity contribution is 0.0937. The molecule has 1 fully saturated rings. The molecule has 0 aromatic heterocycles. The van der Waals surface area contributed by atoms with E-state index in [2.05, 4.69) is 5.32 Å². The van der Waals surface area contributed by atoms with Crippen LogP contribution in [0.25, 0.3) is 0 Å². The van der Waals surface area contributed by atoms with Gasteiger partial charge in [0.1, 0.15) is 5.82 Å². The Balaban J connectivity index is 1.84. The van der Waals surface area contributed by atoms with Crippen LogP contribution >= 0.6 is 0 Å². The smallest absolute Gasteiger partial charge is 0.281 e. The fourth-order valence-corrected chi connectivity index (χ4v) is 3.69. The van der Waals surface area contributed by atoms with Gasteiger partial charge in [-0.15, -0.1) is 0 Å². The van der Waals surface area contributed by atoms with Gasteiger partial charge in [-0.1, -0.05) is 12.1 Å². The summed E-state index contributed by atoms with van der Waals surface area (Å²) in [5, 5.41) is 2.73. The zero-order valence-electron chi connectivity index (χ0n) is 13.3. The Morgan fingerprint density at radius 3 is 2.48 bits per heavy atom. The summed E-state index contributed by atoms with van der Waals surface area (Å²) in [7, 11) is -0.354. The molecule has 0 unspecified atom stereocenters. The van der Waals surface area contributed by atoms with Crippen LogP contribution in [0, 0.1) is 11.7 Å². The van der Waals surface area contributed by atoms with Gasteiger partial charge in [-0.05, 0) is 30.9 Å². The number of piperidine rings is 1. The molecule has 0 bridgehead atoms. The molecule has 128 valence electrons. The van der Waals surface area contributed by atoms with Gasteiger partial charge in [0.15, 0.2) is 0 Å². The summed E-state index contributed by atoms with van der Waals surface area (Å²) in [4.78, 5) is 12.0. The van der Waals surface area contributed by atoms with Crippen LogP contribution in [0.4, 0.5) is 4.39 Å². The number of rotatable bonds is 5. The summed E-state index contributed by atoms with van der Waals surface area (Å²) in [6.07, 6.45) is 1.34. The van der Waals surface area contributed by atoms with E-state index in [4.69, 9.17) is 0 Å². The maximum absolute atomic E-state index is 13.5. The number of benzene rings is 1. The number of nitrogens with one attached hydrogen (secondary N) is 1. The topological polar surface area (TPSA) is 69.7 Å². The standard InChI is InChI=1S/C15H22FN3O3S/c1-18(2)23(21,22)19-9-7-12(8-10-19)11-17-15(20)13-5-3-4-6-14(13)16/h3-6,12H,7-11H2,1-2H3,(H,17,20). The molecule has 1 aromatic rings. The van der Waals surface area contributed by atoms with E-state index in [-0.39, 0.29) is 11.5 Å². The summed E-state index contributed by atoms with van der Waals surface area (Å²) < 4.78 is 40.2. The first-order chi connectivity index (χ1) is 10.8. The van der Waals surface area contributed by atoms with Crippen LogP contribution in [0.3, 0.4) is 0 Å². The highest BCUT2D eigenvalue weighted by molar-refractivity contribution is 7.86. The van der Waals surface area contributed by atoms with Crippen LogP contribution in [0.5, 0.6) is 0 Å². The van der Waals surface area contributed by atoms with Crippen LogP contribution in [0.2, 0.25) is 0 Å². The Bertz CT molecular complexity index is 656. The quantitative estimate of drug-likeness (QED) is 0.870. The van der Waals surface area contributed by atoms with Gasteiger partial charge in [-0.3, -0.25) is 4.79 Å². The molecule has 0 radical (unpaired) electrons. The average Bonchev–Trinajstić information content (AvgIpc) is 2.53. The third kappa shape index (κ3) is 4.27. The van der Waals surface area contributed by atoms with Crippen LogP contribution in [-0.2, 0) is 10.2 Å². The first-order valence-electron chi connectivity index (χ1n) is 7.52. The largest absolute Gasteiger partial charge is 0.352 e. The normalized spacial score (nSPS) is 17.4. The van der Waals surface area contributed by atoms with Crippen molar-refractivity contribution in [3.63, 3.8) is 0 Å². The van der Waals surface area contributed by atoms with Crippen molar-refractivity contribution in [1.82, 2.24) is 13.9 Å². The second-order valence-electron chi connectivity index (χ2n) is 5.82. The van der Waals surface area contributed by atoms with Crippen molar-refractivity contribution in [2.24, 2.45) is 5.92 Å². The van der Waals surface area contributed by atoms with Crippen molar-refractivity contribution >= 4 is 16.1 Å². The molecule has 1 aliphatic heterocycles. The lowest BCUT2D eigenvalue weighted by atomic mass is 9.98. The second-order valence-corrected chi connectivity index (χ2v) is 7.96. The molecule has 1 aliphatic rings. The van der Waals surface area contributed by atoms with Gasteiger partial charge in [-0.25, -0.2) is 4.39 Å². The Labute approximate surface area is 136 Å². The molecule has 0 aliphatic carbocycles. The highest BCUT2D eigenvalue weighted by Gasteiger charge is 2.29. The summed E-state index contributed by atoms with van der Waals surface area (Å²) >= 11 is 0. The fourth-order valence-electron chi connectivity index (χ4n) is 2.55. The number of carbonyl (C=O) groups is 1. The van der Waals surface area contributed by atoms with Crippen molar-refractivity contribution in [3.8, 4) is 0 Å². The van der Waals surface area contributed by atoms with Crippen LogP contribution in [0.15, 0.2) is 24.3 Å². The van der Waals surface area contributed by atoms with Crippen LogP contribution < -0.4 is 5.32 Å². The molecule has 6 nitrogen and oxygen atoms in total. The molecule has 2 rings (SSSR count). The van der Waals surface area contributed by atoms with Gasteiger partial charge < -0.3 is 5.32 Å². The molecule has 8 heteroatoms. The minimum Gasteiger partial charge on any atom is -0.352 e. The Kier molecular flexibility index (Phi) is 5.72. The summed E-state index contributed by atoms with van der Waals surface area (Å²) in [6.45, 7) is 1.28. The molecule has 1 amide bonds. The van der Waals surface area contributed by atoms with Gasteiger partial charge in [0.05, 0.1) is 5.56 Å². The van der Waals surface area contributed by atoms with Gasteiger partial charge in [0, 0.05) is 33.7 Å². The minimum absolute atomic E-state index is 0.0279. The molecule has 0 spiro atoms. The average molecular weight is 343 g/mol. The molecular formula is C15H22FN3O3S. The summed E-state index contributed by atoms with van der Waals surface area (Å²) in [5.41, 5.74) is 0.0279. The van der Waals surface area contributed by atoms with Crippen LogP contribution in [-0.4, -0.2) is 56.7 Å². The maximum atomic E-state index is 13.5. The molecule has 0 saturated carbocycles. The van der Waals surface area contributed by atoms with E-state index in [1.54, 1.807) is 6.07 Å². The number of hydrogen-bond acceptors (Lipinski definition) is 3. The molecule has 1 N–H and O–H groups in total. The van der Waals surface area contributed by atoms with Gasteiger partial charge in [0.25, 0.3) is 16.1 Å². The summed E-state index contributed by atoms with van der Waals surface area (Å²) in [5.74, 6) is -0.789. The van der Waals surface area contributed by atoms with Gasteiger partial charge >= 0.3 is 0 Å². The molecule has 0 atom stereocenters. The van der Waals surface area contributed by atoms with E-state index in [1.807, 2.05) is 0 Å². The second kappa shape index (κ2) is 7.37. The number of hydrogen-bond donors (Lipinski definition) is 1. The van der Waals surface area contributed by atoms with Crippen molar-refractivity contribution in [1.29, 1.82) is 0 Å². The van der Waals surface area contributed by atoms with E-state index < -0.39 is 21.9 Å². The molecule has 1 heterocycles. The third-order valence-electron chi connectivity index (χ3n) is 4.03. The molecular weight excluding hydrogens is 321 g/mol. The van der Waals surface area contributed by atoms with Crippen molar-refractivity contribution in [2.75, 3.05) is 33.7 Å². The maximum Gasteiger partial charge on any atom is 0.281 e.